The second-order valence-electron chi connectivity index (χ2n) is 5.01. The molecule has 0 radical (unpaired) electrons. The molecule has 0 fully saturated rings. The fraction of sp³-hybridized carbons (Fsp3) is 0.278. The van der Waals surface area contributed by atoms with Gasteiger partial charge in [-0.15, -0.1) is 0 Å². The van der Waals surface area contributed by atoms with Gasteiger partial charge in [0, 0.05) is 13.0 Å². The molecule has 5 heteroatoms. The Morgan fingerprint density at radius 2 is 1.65 bits per heavy atom. The zero-order valence-corrected chi connectivity index (χ0v) is 13.2. The van der Waals surface area contributed by atoms with Gasteiger partial charge in [0.25, 0.3) is 0 Å². The van der Waals surface area contributed by atoms with Crippen molar-refractivity contribution in [2.24, 2.45) is 10.2 Å². The third kappa shape index (κ3) is 6.30. The number of benzene rings is 2. The van der Waals surface area contributed by atoms with E-state index in [2.05, 4.69) is 15.5 Å². The average molecular weight is 311 g/mol. The third-order valence-corrected chi connectivity index (χ3v) is 3.12. The first-order valence-electron chi connectivity index (χ1n) is 7.74. The van der Waals surface area contributed by atoms with Crippen LogP contribution >= 0.6 is 0 Å². The Kier molecular flexibility index (Phi) is 6.78. The summed E-state index contributed by atoms with van der Waals surface area (Å²) in [6.07, 6.45) is 1.21. The van der Waals surface area contributed by atoms with Crippen molar-refractivity contribution in [2.75, 3.05) is 13.2 Å². The molecule has 23 heavy (non-hydrogen) atoms. The Hall–Kier alpha value is -2.69. The first kappa shape index (κ1) is 16.7. The van der Waals surface area contributed by atoms with Crippen LogP contribution in [-0.4, -0.2) is 19.2 Å². The van der Waals surface area contributed by atoms with Gasteiger partial charge in [0.05, 0.1) is 18.0 Å². The summed E-state index contributed by atoms with van der Waals surface area (Å²) >= 11 is 0. The smallest absolute Gasteiger partial charge is 0.407 e. The van der Waals surface area contributed by atoms with E-state index < -0.39 is 0 Å². The van der Waals surface area contributed by atoms with Crippen LogP contribution in [0.5, 0.6) is 0 Å². The standard InChI is InChI=1S/C18H21N3O2/c1-2-13-19-18(22)23-14-12-15-8-10-17(11-9-15)21-20-16-6-4-3-5-7-16/h3-11H,2,12-14H2,1H3,(H,19,22). The van der Waals surface area contributed by atoms with Crippen LogP contribution in [0.4, 0.5) is 16.2 Å². The molecule has 0 aliphatic carbocycles. The molecular weight excluding hydrogens is 290 g/mol. The monoisotopic (exact) mass is 311 g/mol. The van der Waals surface area contributed by atoms with Crippen LogP contribution < -0.4 is 5.32 Å². The van der Waals surface area contributed by atoms with Crippen molar-refractivity contribution in [2.45, 2.75) is 19.8 Å². The van der Waals surface area contributed by atoms with Gasteiger partial charge in [0.15, 0.2) is 0 Å². The van der Waals surface area contributed by atoms with E-state index in [1.54, 1.807) is 0 Å². The Morgan fingerprint density at radius 1 is 1.00 bits per heavy atom. The van der Waals surface area contributed by atoms with Crippen molar-refractivity contribution < 1.29 is 9.53 Å². The second kappa shape index (κ2) is 9.35. The molecule has 2 aromatic rings. The largest absolute Gasteiger partial charge is 0.449 e. The lowest BCUT2D eigenvalue weighted by Crippen LogP contribution is -2.25. The molecule has 0 saturated heterocycles. The van der Waals surface area contributed by atoms with Crippen LogP contribution in [0.1, 0.15) is 18.9 Å². The molecule has 0 spiro atoms. The lowest BCUT2D eigenvalue weighted by Gasteiger charge is -2.06. The predicted octanol–water partition coefficient (Wildman–Crippen LogP) is 4.78. The molecule has 0 aromatic heterocycles. The summed E-state index contributed by atoms with van der Waals surface area (Å²) in [6.45, 7) is 3.00. The Balaban J connectivity index is 1.78. The van der Waals surface area contributed by atoms with E-state index >= 15 is 0 Å². The Morgan fingerprint density at radius 3 is 2.30 bits per heavy atom. The minimum Gasteiger partial charge on any atom is -0.449 e. The summed E-state index contributed by atoms with van der Waals surface area (Å²) in [4.78, 5) is 11.3. The van der Waals surface area contributed by atoms with Crippen LogP contribution in [0.15, 0.2) is 64.8 Å². The van der Waals surface area contributed by atoms with Gasteiger partial charge in [0.1, 0.15) is 0 Å². The number of carbonyl (C=O) groups is 1. The summed E-state index contributed by atoms with van der Waals surface area (Å²) in [5.41, 5.74) is 2.70. The molecule has 120 valence electrons. The number of nitrogens with zero attached hydrogens (tertiary/aromatic N) is 2. The first-order chi connectivity index (χ1) is 11.3. The molecule has 2 aromatic carbocycles. The summed E-state index contributed by atoms with van der Waals surface area (Å²) in [7, 11) is 0. The second-order valence-corrected chi connectivity index (χ2v) is 5.01. The maximum Gasteiger partial charge on any atom is 0.407 e. The molecule has 0 aliphatic rings. The maximum atomic E-state index is 11.3. The molecule has 0 atom stereocenters. The van der Waals surface area contributed by atoms with Crippen molar-refractivity contribution in [3.8, 4) is 0 Å². The molecule has 5 nitrogen and oxygen atoms in total. The van der Waals surface area contributed by atoms with Crippen molar-refractivity contribution in [1.82, 2.24) is 5.32 Å². The van der Waals surface area contributed by atoms with Crippen LogP contribution in [0.2, 0.25) is 0 Å². The quantitative estimate of drug-likeness (QED) is 0.748. The maximum absolute atomic E-state index is 11.3. The van der Waals surface area contributed by atoms with Crippen LogP contribution in [0.3, 0.4) is 0 Å². The molecule has 0 heterocycles. The number of nitrogens with one attached hydrogen (secondary N) is 1. The van der Waals surface area contributed by atoms with Crippen LogP contribution in [0.25, 0.3) is 0 Å². The molecule has 0 saturated carbocycles. The molecule has 2 rings (SSSR count). The summed E-state index contributed by atoms with van der Waals surface area (Å²) in [5.74, 6) is 0. The Labute approximate surface area is 136 Å². The Bertz CT molecular complexity index is 624. The minimum absolute atomic E-state index is 0.361. The lowest BCUT2D eigenvalue weighted by atomic mass is 10.1. The van der Waals surface area contributed by atoms with E-state index in [0.717, 1.165) is 23.4 Å². The van der Waals surface area contributed by atoms with Gasteiger partial charge >= 0.3 is 6.09 Å². The predicted molar refractivity (Wildman–Crippen MR) is 90.4 cm³/mol. The lowest BCUT2D eigenvalue weighted by molar-refractivity contribution is 0.147. The number of alkyl carbamates (subject to hydrolysis) is 1. The van der Waals surface area contributed by atoms with Crippen LogP contribution in [0, 0.1) is 0 Å². The van der Waals surface area contributed by atoms with E-state index in [-0.39, 0.29) is 6.09 Å². The fourth-order valence-electron chi connectivity index (χ4n) is 1.88. The average Bonchev–Trinajstić information content (AvgIpc) is 2.60. The number of amides is 1. The highest BCUT2D eigenvalue weighted by Crippen LogP contribution is 2.18. The van der Waals surface area contributed by atoms with E-state index in [1.807, 2.05) is 61.5 Å². The summed E-state index contributed by atoms with van der Waals surface area (Å²) in [5, 5.41) is 11.0. The number of azo groups is 1. The van der Waals surface area contributed by atoms with Crippen molar-refractivity contribution in [3.05, 3.63) is 60.2 Å². The number of ether oxygens (including phenoxy) is 1. The van der Waals surface area contributed by atoms with E-state index in [1.165, 1.54) is 0 Å². The number of hydrogen-bond donors (Lipinski definition) is 1. The fourth-order valence-corrected chi connectivity index (χ4v) is 1.88. The highest BCUT2D eigenvalue weighted by atomic mass is 16.5. The number of rotatable bonds is 7. The van der Waals surface area contributed by atoms with E-state index in [9.17, 15) is 4.79 Å². The molecule has 1 amide bonds. The van der Waals surface area contributed by atoms with Gasteiger partial charge in [-0.1, -0.05) is 37.3 Å². The van der Waals surface area contributed by atoms with Crippen LogP contribution in [-0.2, 0) is 11.2 Å². The highest BCUT2D eigenvalue weighted by molar-refractivity contribution is 5.67. The molecular formula is C18H21N3O2. The number of carbonyl (C=O) groups excluding carboxylic acids is 1. The van der Waals surface area contributed by atoms with Gasteiger partial charge in [-0.25, -0.2) is 4.79 Å². The number of hydrogen-bond acceptors (Lipinski definition) is 4. The normalized spacial score (nSPS) is 10.7. The third-order valence-electron chi connectivity index (χ3n) is 3.12. The highest BCUT2D eigenvalue weighted by Gasteiger charge is 2.00. The first-order valence-corrected chi connectivity index (χ1v) is 7.74. The van der Waals surface area contributed by atoms with Gasteiger partial charge in [-0.05, 0) is 36.2 Å². The zero-order chi connectivity index (χ0) is 16.3. The van der Waals surface area contributed by atoms with Crippen molar-refractivity contribution in [1.29, 1.82) is 0 Å². The summed E-state index contributed by atoms with van der Waals surface area (Å²) in [6, 6.07) is 17.3. The van der Waals surface area contributed by atoms with Gasteiger partial charge in [-0.3, -0.25) is 0 Å². The molecule has 0 bridgehead atoms. The van der Waals surface area contributed by atoms with Crippen molar-refractivity contribution in [3.63, 3.8) is 0 Å². The minimum atomic E-state index is -0.361. The molecule has 0 aliphatic heterocycles. The molecule has 0 unspecified atom stereocenters. The topological polar surface area (TPSA) is 63.0 Å². The van der Waals surface area contributed by atoms with Gasteiger partial charge in [-0.2, -0.15) is 10.2 Å². The van der Waals surface area contributed by atoms with E-state index in [0.29, 0.717) is 19.6 Å². The molecule has 1 N–H and O–H groups in total. The van der Waals surface area contributed by atoms with E-state index in [4.69, 9.17) is 4.74 Å². The van der Waals surface area contributed by atoms with Gasteiger partial charge in [0.2, 0.25) is 0 Å². The van der Waals surface area contributed by atoms with Crippen molar-refractivity contribution >= 4 is 17.5 Å². The SMILES string of the molecule is CCCNC(=O)OCCc1ccc(N=Nc2ccccc2)cc1. The summed E-state index contributed by atoms with van der Waals surface area (Å²) < 4.78 is 5.09. The zero-order valence-electron chi connectivity index (χ0n) is 13.2. The van der Waals surface area contributed by atoms with Gasteiger partial charge < -0.3 is 10.1 Å².